The third-order valence-electron chi connectivity index (χ3n) is 5.11. The van der Waals surface area contributed by atoms with Crippen molar-refractivity contribution in [3.63, 3.8) is 0 Å². The Bertz CT molecular complexity index is 890. The second kappa shape index (κ2) is 6.07. The Morgan fingerprint density at radius 2 is 2.19 bits per heavy atom. The second-order valence-corrected chi connectivity index (χ2v) is 8.17. The Balaban J connectivity index is 1.49. The summed E-state index contributed by atoms with van der Waals surface area (Å²) in [5.41, 5.74) is 11.2. The molecule has 2 bridgehead atoms. The van der Waals surface area contributed by atoms with E-state index in [-0.39, 0.29) is 24.1 Å². The van der Waals surface area contributed by atoms with Gasteiger partial charge in [0.15, 0.2) is 5.96 Å². The lowest BCUT2D eigenvalue weighted by molar-refractivity contribution is -0.0317. The number of hydrogen-bond donors (Lipinski definition) is 3. The highest BCUT2D eigenvalue weighted by Crippen LogP contribution is 2.43. The van der Waals surface area contributed by atoms with Gasteiger partial charge in [-0.1, -0.05) is 5.16 Å². The molecule has 0 spiro atoms. The molecule has 3 heterocycles. The summed E-state index contributed by atoms with van der Waals surface area (Å²) in [5.74, 6) is 0.652. The van der Waals surface area contributed by atoms with Crippen molar-refractivity contribution in [2.45, 2.75) is 49.7 Å². The molecule has 4 rings (SSSR count). The van der Waals surface area contributed by atoms with Gasteiger partial charge in [0.05, 0.1) is 17.6 Å². The lowest BCUT2D eigenvalue weighted by Crippen LogP contribution is -2.35. The van der Waals surface area contributed by atoms with E-state index in [0.717, 1.165) is 12.8 Å². The fourth-order valence-corrected chi connectivity index (χ4v) is 4.17. The van der Waals surface area contributed by atoms with E-state index in [1.54, 1.807) is 6.07 Å². The van der Waals surface area contributed by atoms with Gasteiger partial charge in [0.2, 0.25) is 0 Å². The van der Waals surface area contributed by atoms with Crippen LogP contribution in [0.5, 0.6) is 0 Å². The molecule has 3 fully saturated rings. The SMILES string of the molecule is NC(N)=NC1(Cc2cc([C@H]3CC[C@@H]4CN3C(=O)N4OS(=O)(=O)O)no2)CC1. The largest absolute Gasteiger partial charge is 0.418 e. The first kappa shape index (κ1) is 18.0. The van der Waals surface area contributed by atoms with Crippen molar-refractivity contribution >= 4 is 22.4 Å². The first-order valence-corrected chi connectivity index (χ1v) is 9.85. The number of piperidine rings is 1. The van der Waals surface area contributed by atoms with E-state index < -0.39 is 22.5 Å². The summed E-state index contributed by atoms with van der Waals surface area (Å²) in [7, 11) is -4.77. The van der Waals surface area contributed by atoms with Gasteiger partial charge in [-0.3, -0.25) is 4.55 Å². The van der Waals surface area contributed by atoms with Crippen LogP contribution >= 0.6 is 0 Å². The van der Waals surface area contributed by atoms with E-state index in [1.807, 2.05) is 0 Å². The molecular formula is C14H20N6O6S. The molecule has 2 amide bonds. The number of nitrogens with two attached hydrogens (primary N) is 2. The van der Waals surface area contributed by atoms with E-state index in [1.165, 1.54) is 4.90 Å². The highest BCUT2D eigenvalue weighted by Gasteiger charge is 2.49. The van der Waals surface area contributed by atoms with Gasteiger partial charge in [-0.25, -0.2) is 9.79 Å². The van der Waals surface area contributed by atoms with E-state index in [2.05, 4.69) is 14.4 Å². The Kier molecular flexibility index (Phi) is 4.05. The molecule has 12 nitrogen and oxygen atoms in total. The number of hydrogen-bond acceptors (Lipinski definition) is 7. The normalized spacial score (nSPS) is 26.3. The number of aromatic nitrogens is 1. The third kappa shape index (κ3) is 3.57. The van der Waals surface area contributed by atoms with Crippen LogP contribution in [-0.4, -0.2) is 58.2 Å². The standard InChI is InChI=1S/C14H20N6O6S/c15-12(16)17-14(3-4-14)6-9-5-10(18-25-9)11-2-1-8-7-19(11)13(21)20(8)26-27(22,23)24/h5,8,11H,1-4,6-7H2,(H4,15,16,17)(H,22,23,24)/t8-,11-/m1/s1. The molecular weight excluding hydrogens is 380 g/mol. The molecule has 148 valence electrons. The first-order chi connectivity index (χ1) is 12.7. The summed E-state index contributed by atoms with van der Waals surface area (Å²) < 4.78 is 40.6. The maximum Gasteiger partial charge on any atom is 0.418 e. The van der Waals surface area contributed by atoms with E-state index in [0.29, 0.717) is 35.8 Å². The van der Waals surface area contributed by atoms with E-state index in [9.17, 15) is 13.2 Å². The summed E-state index contributed by atoms with van der Waals surface area (Å²) in [6, 6.07) is 0.328. The van der Waals surface area contributed by atoms with Crippen molar-refractivity contribution in [1.82, 2.24) is 15.1 Å². The van der Waals surface area contributed by atoms with Crippen molar-refractivity contribution in [2.75, 3.05) is 6.54 Å². The predicted octanol–water partition coefficient (Wildman–Crippen LogP) is -0.301. The molecule has 1 aromatic heterocycles. The molecule has 3 aliphatic rings. The maximum atomic E-state index is 12.5. The number of carbonyl (C=O) groups excluding carboxylic acids is 1. The van der Waals surface area contributed by atoms with Crippen LogP contribution in [0.1, 0.15) is 43.2 Å². The van der Waals surface area contributed by atoms with Crippen LogP contribution < -0.4 is 11.5 Å². The number of nitrogens with zero attached hydrogens (tertiary/aromatic N) is 4. The minimum atomic E-state index is -4.77. The van der Waals surface area contributed by atoms with E-state index in [4.69, 9.17) is 20.5 Å². The van der Waals surface area contributed by atoms with Crippen LogP contribution in [0.3, 0.4) is 0 Å². The van der Waals surface area contributed by atoms with E-state index >= 15 is 0 Å². The fourth-order valence-electron chi connectivity index (χ4n) is 3.78. The van der Waals surface area contributed by atoms with Crippen molar-refractivity contribution in [1.29, 1.82) is 0 Å². The molecule has 0 aromatic carbocycles. The van der Waals surface area contributed by atoms with Crippen molar-refractivity contribution in [3.05, 3.63) is 17.5 Å². The zero-order chi connectivity index (χ0) is 19.4. The van der Waals surface area contributed by atoms with Gasteiger partial charge >= 0.3 is 16.4 Å². The Hall–Kier alpha value is -2.38. The number of aliphatic imine (C=N–C) groups is 1. The van der Waals surface area contributed by atoms with Gasteiger partial charge in [-0.05, 0) is 25.7 Å². The summed E-state index contributed by atoms with van der Waals surface area (Å²) in [5, 5.41) is 4.78. The highest BCUT2D eigenvalue weighted by molar-refractivity contribution is 7.80. The van der Waals surface area contributed by atoms with Gasteiger partial charge in [-0.2, -0.15) is 13.5 Å². The maximum absolute atomic E-state index is 12.5. The summed E-state index contributed by atoms with van der Waals surface area (Å²) in [6.45, 7) is 0.277. The number of urea groups is 1. The van der Waals surface area contributed by atoms with Crippen molar-refractivity contribution in [3.8, 4) is 0 Å². The van der Waals surface area contributed by atoms with Crippen LogP contribution in [0.4, 0.5) is 4.79 Å². The highest BCUT2D eigenvalue weighted by atomic mass is 32.3. The number of rotatable bonds is 6. The molecule has 27 heavy (non-hydrogen) atoms. The van der Waals surface area contributed by atoms with Crippen molar-refractivity contribution in [2.24, 2.45) is 16.5 Å². The molecule has 1 aromatic rings. The molecule has 0 radical (unpaired) electrons. The molecule has 2 aliphatic heterocycles. The quantitative estimate of drug-likeness (QED) is 0.328. The lowest BCUT2D eigenvalue weighted by Gasteiger charge is -2.28. The summed E-state index contributed by atoms with van der Waals surface area (Å²) >= 11 is 0. The molecule has 1 saturated carbocycles. The third-order valence-corrected chi connectivity index (χ3v) is 5.46. The number of guanidine groups is 1. The fraction of sp³-hybridized carbons (Fsp3) is 0.643. The Morgan fingerprint density at radius 1 is 1.44 bits per heavy atom. The van der Waals surface area contributed by atoms with Crippen LogP contribution in [0.25, 0.3) is 0 Å². The number of amides is 2. The minimum Gasteiger partial charge on any atom is -0.370 e. The van der Waals surface area contributed by atoms with Gasteiger partial charge in [0.25, 0.3) is 0 Å². The number of fused-ring (bicyclic) bond motifs is 2. The topological polar surface area (TPSA) is 178 Å². The van der Waals surface area contributed by atoms with Gasteiger partial charge in [0.1, 0.15) is 11.5 Å². The smallest absolute Gasteiger partial charge is 0.370 e. The van der Waals surface area contributed by atoms with Crippen LogP contribution in [0, 0.1) is 0 Å². The van der Waals surface area contributed by atoms with Gasteiger partial charge in [0, 0.05) is 19.0 Å². The molecule has 2 saturated heterocycles. The van der Waals surface area contributed by atoms with Crippen LogP contribution in [-0.2, 0) is 21.1 Å². The molecule has 5 N–H and O–H groups in total. The zero-order valence-corrected chi connectivity index (χ0v) is 15.1. The average molecular weight is 400 g/mol. The van der Waals surface area contributed by atoms with Crippen molar-refractivity contribution < 1.29 is 26.6 Å². The summed E-state index contributed by atoms with van der Waals surface area (Å²) in [4.78, 5) is 18.2. The molecule has 13 heteroatoms. The average Bonchev–Trinajstić information content (AvgIpc) is 3.07. The number of hydroxylamine groups is 2. The molecule has 1 aliphatic carbocycles. The summed E-state index contributed by atoms with van der Waals surface area (Å²) in [6.07, 6.45) is 3.30. The molecule has 2 atom stereocenters. The monoisotopic (exact) mass is 400 g/mol. The van der Waals surface area contributed by atoms with Crippen LogP contribution in [0.15, 0.2) is 15.6 Å². The lowest BCUT2D eigenvalue weighted by atomic mass is 9.98. The first-order valence-electron chi connectivity index (χ1n) is 8.49. The Morgan fingerprint density at radius 3 is 2.81 bits per heavy atom. The minimum absolute atomic E-state index is 0.0344. The van der Waals surface area contributed by atoms with Gasteiger partial charge < -0.3 is 20.9 Å². The number of carbonyl (C=O) groups is 1. The zero-order valence-electron chi connectivity index (χ0n) is 14.3. The van der Waals surface area contributed by atoms with Gasteiger partial charge in [-0.15, -0.1) is 4.28 Å². The second-order valence-electron chi connectivity index (χ2n) is 7.17. The molecule has 0 unspecified atom stereocenters. The Labute approximate surface area is 155 Å². The van der Waals surface area contributed by atoms with Crippen LogP contribution in [0.2, 0.25) is 0 Å². The predicted molar refractivity (Wildman–Crippen MR) is 90.3 cm³/mol.